The van der Waals surface area contributed by atoms with Crippen molar-refractivity contribution < 1.29 is 0 Å². The van der Waals surface area contributed by atoms with Crippen molar-refractivity contribution in [2.75, 3.05) is 19.6 Å². The van der Waals surface area contributed by atoms with Gasteiger partial charge in [0, 0.05) is 48.1 Å². The van der Waals surface area contributed by atoms with Crippen molar-refractivity contribution in [1.82, 2.24) is 26.2 Å². The summed E-state index contributed by atoms with van der Waals surface area (Å²) < 4.78 is 0. The molecule has 0 aromatic carbocycles. The fourth-order valence-corrected chi connectivity index (χ4v) is 5.19. The Kier molecular flexibility index (Phi) is 12.8. The number of likely N-dealkylation sites (tertiary alicyclic amines) is 1. The molecule has 2 aliphatic rings. The standard InChI is InChI=1S/C35H56N6/c1-13-16-30-20-33(28(8)37-21-24(4)26(6)40-31-17-18-31)41(23-30)29(9)34(35(10,11)12)39-25(5)22-38-27(7)32(15-3)36-19-14-2/h14-15,19,30-31,33-34,37-40H,2,4-9,13,16-18,20-23H2,1,3,10-12H3/b32-15-,36-19-/t30-,33?,34?/m1/s1. The first-order valence-corrected chi connectivity index (χ1v) is 15.0. The summed E-state index contributed by atoms with van der Waals surface area (Å²) in [5.41, 5.74) is 6.25. The van der Waals surface area contributed by atoms with Gasteiger partial charge < -0.3 is 26.2 Å². The molecule has 226 valence electrons. The third-order valence-corrected chi connectivity index (χ3v) is 7.73. The van der Waals surface area contributed by atoms with Crippen LogP contribution in [0.3, 0.4) is 0 Å². The van der Waals surface area contributed by atoms with Crippen LogP contribution in [-0.2, 0) is 0 Å². The van der Waals surface area contributed by atoms with Gasteiger partial charge in [0.15, 0.2) is 0 Å². The van der Waals surface area contributed by atoms with Crippen LogP contribution in [0.5, 0.6) is 0 Å². The number of aliphatic imine (C=N–C) groups is 1. The molecule has 1 heterocycles. The first kappa shape index (κ1) is 33.8. The fraction of sp³-hybridized carbons (Fsp3) is 0.514. The van der Waals surface area contributed by atoms with E-state index in [1.807, 2.05) is 13.0 Å². The lowest BCUT2D eigenvalue weighted by Crippen LogP contribution is -2.49. The second-order valence-electron chi connectivity index (χ2n) is 12.5. The number of nitrogens with one attached hydrogen (secondary N) is 4. The third kappa shape index (κ3) is 10.5. The zero-order chi connectivity index (χ0) is 30.7. The van der Waals surface area contributed by atoms with Crippen LogP contribution < -0.4 is 21.3 Å². The highest BCUT2D eigenvalue weighted by Crippen LogP contribution is 2.36. The van der Waals surface area contributed by atoms with Crippen molar-refractivity contribution >= 4 is 6.21 Å². The van der Waals surface area contributed by atoms with E-state index in [1.54, 1.807) is 12.3 Å². The molecule has 4 N–H and O–H groups in total. The maximum Gasteiger partial charge on any atom is 0.0812 e. The molecular formula is C35H56N6. The lowest BCUT2D eigenvalue weighted by atomic mass is 9.84. The molecule has 2 rings (SSSR count). The summed E-state index contributed by atoms with van der Waals surface area (Å²) in [4.78, 5) is 6.83. The van der Waals surface area contributed by atoms with Gasteiger partial charge in [-0.3, -0.25) is 4.99 Å². The Morgan fingerprint density at radius 2 is 1.71 bits per heavy atom. The molecule has 6 nitrogen and oxygen atoms in total. The van der Waals surface area contributed by atoms with E-state index in [4.69, 9.17) is 0 Å². The molecule has 1 aliphatic heterocycles. The quantitative estimate of drug-likeness (QED) is 0.105. The lowest BCUT2D eigenvalue weighted by molar-refractivity contribution is 0.234. The molecule has 2 fully saturated rings. The van der Waals surface area contributed by atoms with Gasteiger partial charge in [-0.1, -0.05) is 92.3 Å². The smallest absolute Gasteiger partial charge is 0.0812 e. The highest BCUT2D eigenvalue weighted by Gasteiger charge is 2.39. The van der Waals surface area contributed by atoms with Gasteiger partial charge in [-0.15, -0.1) is 0 Å². The molecule has 3 atom stereocenters. The number of hydrogen-bond acceptors (Lipinski definition) is 6. The van der Waals surface area contributed by atoms with Crippen LogP contribution in [-0.4, -0.2) is 48.9 Å². The molecule has 0 amide bonds. The Morgan fingerprint density at radius 3 is 2.27 bits per heavy atom. The Balaban J connectivity index is 2.10. The molecule has 0 radical (unpaired) electrons. The number of allylic oxidation sites excluding steroid dienone is 2. The van der Waals surface area contributed by atoms with E-state index in [2.05, 4.69) is 105 Å². The summed E-state index contributed by atoms with van der Waals surface area (Å²) in [6.07, 6.45) is 11.1. The van der Waals surface area contributed by atoms with Gasteiger partial charge in [0.25, 0.3) is 0 Å². The molecule has 1 aliphatic carbocycles. The minimum Gasteiger partial charge on any atom is -0.383 e. The molecule has 1 saturated heterocycles. The van der Waals surface area contributed by atoms with Crippen molar-refractivity contribution in [3.05, 3.63) is 98.0 Å². The second kappa shape index (κ2) is 15.6. The van der Waals surface area contributed by atoms with Crippen molar-refractivity contribution in [1.29, 1.82) is 0 Å². The van der Waals surface area contributed by atoms with E-state index < -0.39 is 0 Å². The topological polar surface area (TPSA) is 63.7 Å². The summed E-state index contributed by atoms with van der Waals surface area (Å²) >= 11 is 0. The predicted octanol–water partition coefficient (Wildman–Crippen LogP) is 6.70. The number of nitrogens with zero attached hydrogens (tertiary/aromatic N) is 2. The number of rotatable bonds is 19. The van der Waals surface area contributed by atoms with Crippen molar-refractivity contribution in [3.8, 4) is 0 Å². The first-order chi connectivity index (χ1) is 19.3. The van der Waals surface area contributed by atoms with Gasteiger partial charge in [0.1, 0.15) is 0 Å². The monoisotopic (exact) mass is 560 g/mol. The molecule has 0 aromatic rings. The predicted molar refractivity (Wildman–Crippen MR) is 179 cm³/mol. The molecular weight excluding hydrogens is 504 g/mol. The minimum absolute atomic E-state index is 0.0156. The zero-order valence-corrected chi connectivity index (χ0v) is 26.5. The average Bonchev–Trinajstić information content (AvgIpc) is 3.63. The van der Waals surface area contributed by atoms with Gasteiger partial charge >= 0.3 is 0 Å². The highest BCUT2D eigenvalue weighted by atomic mass is 15.2. The minimum atomic E-state index is -0.0948. The van der Waals surface area contributed by atoms with Gasteiger partial charge in [-0.25, -0.2) is 0 Å². The van der Waals surface area contributed by atoms with E-state index >= 15 is 0 Å². The van der Waals surface area contributed by atoms with Crippen LogP contribution >= 0.6 is 0 Å². The Morgan fingerprint density at radius 1 is 1.02 bits per heavy atom. The average molecular weight is 561 g/mol. The van der Waals surface area contributed by atoms with Crippen LogP contribution in [0.4, 0.5) is 0 Å². The van der Waals surface area contributed by atoms with Gasteiger partial charge in [0.05, 0.1) is 30.0 Å². The molecule has 2 unspecified atom stereocenters. The summed E-state index contributed by atoms with van der Waals surface area (Å²) in [6.45, 7) is 42.7. The molecule has 0 aromatic heterocycles. The van der Waals surface area contributed by atoms with Crippen molar-refractivity contribution in [2.24, 2.45) is 16.3 Å². The van der Waals surface area contributed by atoms with E-state index in [0.29, 0.717) is 25.0 Å². The Hall–Kier alpha value is -3.41. The van der Waals surface area contributed by atoms with Gasteiger partial charge in [-0.2, -0.15) is 0 Å². The fourth-order valence-electron chi connectivity index (χ4n) is 5.19. The van der Waals surface area contributed by atoms with Crippen molar-refractivity contribution in [3.63, 3.8) is 0 Å². The maximum absolute atomic E-state index is 4.65. The van der Waals surface area contributed by atoms with E-state index in [1.165, 1.54) is 25.7 Å². The molecule has 41 heavy (non-hydrogen) atoms. The van der Waals surface area contributed by atoms with Gasteiger partial charge in [-0.05, 0) is 49.5 Å². The van der Waals surface area contributed by atoms with E-state index in [-0.39, 0.29) is 17.5 Å². The largest absolute Gasteiger partial charge is 0.383 e. The third-order valence-electron chi connectivity index (χ3n) is 7.73. The Labute approximate surface area is 250 Å². The molecule has 0 bridgehead atoms. The van der Waals surface area contributed by atoms with E-state index in [9.17, 15) is 0 Å². The SMILES string of the molecule is C=C/C=N\C(=C/C)C(=C)NCC(=C)NC(C(=C)N1C[C@H](CCC)CC1C(=C)NCC(=C)C(=C)NC1CC1)C(C)(C)C. The van der Waals surface area contributed by atoms with Crippen LogP contribution in [0.15, 0.2) is 103 Å². The summed E-state index contributed by atoms with van der Waals surface area (Å²) in [7, 11) is 0. The zero-order valence-electron chi connectivity index (χ0n) is 26.5. The van der Waals surface area contributed by atoms with Crippen LogP contribution in [0.1, 0.15) is 66.7 Å². The number of hydrogen-bond donors (Lipinski definition) is 4. The summed E-state index contributed by atoms with van der Waals surface area (Å²) in [5, 5.41) is 14.1. The molecule has 1 saturated carbocycles. The van der Waals surface area contributed by atoms with Crippen LogP contribution in [0.25, 0.3) is 0 Å². The van der Waals surface area contributed by atoms with Gasteiger partial charge in [0.2, 0.25) is 0 Å². The maximum atomic E-state index is 4.65. The van der Waals surface area contributed by atoms with Crippen molar-refractivity contribution in [2.45, 2.75) is 84.8 Å². The summed E-state index contributed by atoms with van der Waals surface area (Å²) in [5.74, 6) is 0.596. The second-order valence-corrected chi connectivity index (χ2v) is 12.5. The lowest BCUT2D eigenvalue weighted by Gasteiger charge is -2.41. The molecule has 0 spiro atoms. The normalized spacial score (nSPS) is 19.8. The Bertz CT molecular complexity index is 1060. The summed E-state index contributed by atoms with van der Waals surface area (Å²) in [6, 6.07) is 0.708. The first-order valence-electron chi connectivity index (χ1n) is 15.0. The van der Waals surface area contributed by atoms with E-state index in [0.717, 1.165) is 52.7 Å². The molecule has 6 heteroatoms. The van der Waals surface area contributed by atoms with Crippen LogP contribution in [0.2, 0.25) is 0 Å². The van der Waals surface area contributed by atoms with Crippen LogP contribution in [0, 0.1) is 11.3 Å². The highest BCUT2D eigenvalue weighted by molar-refractivity contribution is 5.71.